The molecule has 2 aromatic rings. The van der Waals surface area contributed by atoms with Gasteiger partial charge in [0.15, 0.2) is 5.82 Å². The molecule has 1 heterocycles. The third-order valence-corrected chi connectivity index (χ3v) is 1.89. The molecule has 0 aliphatic carbocycles. The first-order valence-corrected chi connectivity index (χ1v) is 4.18. The van der Waals surface area contributed by atoms with Crippen LogP contribution in [0.3, 0.4) is 0 Å². The normalized spacial score (nSPS) is 10.1. The van der Waals surface area contributed by atoms with Crippen LogP contribution >= 0.6 is 0 Å². The summed E-state index contributed by atoms with van der Waals surface area (Å²) in [6.07, 6.45) is 0. The molecule has 76 valence electrons. The lowest BCUT2D eigenvalue weighted by Gasteiger charge is -1.97. The topological polar surface area (TPSA) is 105 Å². The molecule has 0 spiro atoms. The van der Waals surface area contributed by atoms with E-state index in [0.717, 1.165) is 0 Å². The molecular formula is C9H8N4O2. The lowest BCUT2D eigenvalue weighted by Crippen LogP contribution is -1.96. The van der Waals surface area contributed by atoms with E-state index in [0.29, 0.717) is 11.4 Å². The fourth-order valence-corrected chi connectivity index (χ4v) is 1.20. The van der Waals surface area contributed by atoms with Crippen LogP contribution in [0.25, 0.3) is 11.4 Å². The van der Waals surface area contributed by atoms with Crippen molar-refractivity contribution in [3.8, 4) is 11.4 Å². The standard InChI is InChI=1S/C9H8N4O2/c10-9-11-7(12-13-9)5-2-1-3-6(4-5)8(14)15/h1-4H,(H,14,15)(H3,10,11,12,13). The first-order chi connectivity index (χ1) is 7.16. The first-order valence-electron chi connectivity index (χ1n) is 4.18. The smallest absolute Gasteiger partial charge is 0.335 e. The van der Waals surface area contributed by atoms with Crippen molar-refractivity contribution < 1.29 is 9.90 Å². The van der Waals surface area contributed by atoms with E-state index in [1.54, 1.807) is 12.1 Å². The number of carboxylic acids is 1. The van der Waals surface area contributed by atoms with E-state index in [2.05, 4.69) is 15.2 Å². The Hall–Kier alpha value is -2.37. The van der Waals surface area contributed by atoms with Gasteiger partial charge in [0, 0.05) is 5.56 Å². The molecule has 0 radical (unpaired) electrons. The van der Waals surface area contributed by atoms with Gasteiger partial charge in [0.05, 0.1) is 5.56 Å². The second-order valence-electron chi connectivity index (χ2n) is 2.93. The monoisotopic (exact) mass is 204 g/mol. The highest BCUT2D eigenvalue weighted by Crippen LogP contribution is 2.16. The molecule has 6 nitrogen and oxygen atoms in total. The van der Waals surface area contributed by atoms with Crippen LogP contribution in [0.15, 0.2) is 24.3 Å². The summed E-state index contributed by atoms with van der Waals surface area (Å²) >= 11 is 0. The van der Waals surface area contributed by atoms with Crippen molar-refractivity contribution in [3.63, 3.8) is 0 Å². The third-order valence-electron chi connectivity index (χ3n) is 1.89. The SMILES string of the molecule is Nc1n[nH]c(-c2cccc(C(=O)O)c2)n1. The van der Waals surface area contributed by atoms with E-state index in [-0.39, 0.29) is 11.5 Å². The van der Waals surface area contributed by atoms with Gasteiger partial charge in [-0.1, -0.05) is 12.1 Å². The summed E-state index contributed by atoms with van der Waals surface area (Å²) in [4.78, 5) is 14.6. The molecule has 2 rings (SSSR count). The molecule has 0 fully saturated rings. The number of carbonyl (C=O) groups is 1. The lowest BCUT2D eigenvalue weighted by atomic mass is 10.1. The van der Waals surface area contributed by atoms with Gasteiger partial charge in [0.25, 0.3) is 0 Å². The Kier molecular flexibility index (Phi) is 2.09. The highest BCUT2D eigenvalue weighted by atomic mass is 16.4. The number of nitrogens with zero attached hydrogens (tertiary/aromatic N) is 2. The van der Waals surface area contributed by atoms with Gasteiger partial charge in [-0.2, -0.15) is 4.98 Å². The molecule has 0 saturated heterocycles. The van der Waals surface area contributed by atoms with Crippen LogP contribution < -0.4 is 5.73 Å². The zero-order valence-electron chi connectivity index (χ0n) is 7.64. The van der Waals surface area contributed by atoms with Crippen LogP contribution in [-0.4, -0.2) is 26.3 Å². The van der Waals surface area contributed by atoms with Gasteiger partial charge in [-0.25, -0.2) is 4.79 Å². The summed E-state index contributed by atoms with van der Waals surface area (Å²) in [7, 11) is 0. The Bertz CT molecular complexity index is 506. The predicted molar refractivity (Wildman–Crippen MR) is 53.2 cm³/mol. The zero-order chi connectivity index (χ0) is 10.8. The molecular weight excluding hydrogens is 196 g/mol. The fourth-order valence-electron chi connectivity index (χ4n) is 1.20. The highest BCUT2D eigenvalue weighted by Gasteiger charge is 2.07. The summed E-state index contributed by atoms with van der Waals surface area (Å²) in [6, 6.07) is 6.37. The fraction of sp³-hybridized carbons (Fsp3) is 0. The number of hydrogen-bond donors (Lipinski definition) is 3. The van der Waals surface area contributed by atoms with Crippen LogP contribution in [0.1, 0.15) is 10.4 Å². The van der Waals surface area contributed by atoms with Gasteiger partial charge in [-0.05, 0) is 12.1 Å². The van der Waals surface area contributed by atoms with Crippen LogP contribution in [-0.2, 0) is 0 Å². The van der Waals surface area contributed by atoms with Crippen molar-refractivity contribution in [1.82, 2.24) is 15.2 Å². The number of aromatic nitrogens is 3. The number of nitrogens with two attached hydrogens (primary N) is 1. The van der Waals surface area contributed by atoms with E-state index < -0.39 is 5.97 Å². The number of rotatable bonds is 2. The first kappa shape index (κ1) is 9.20. The molecule has 15 heavy (non-hydrogen) atoms. The highest BCUT2D eigenvalue weighted by molar-refractivity contribution is 5.89. The number of carboxylic acid groups (broad SMARTS) is 1. The molecule has 0 bridgehead atoms. The van der Waals surface area contributed by atoms with Gasteiger partial charge in [-0.15, -0.1) is 5.10 Å². The summed E-state index contributed by atoms with van der Waals surface area (Å²) in [5, 5.41) is 15.1. The quantitative estimate of drug-likeness (QED) is 0.669. The minimum absolute atomic E-state index is 0.130. The van der Waals surface area contributed by atoms with Gasteiger partial charge in [0.1, 0.15) is 0 Å². The van der Waals surface area contributed by atoms with Crippen molar-refractivity contribution in [1.29, 1.82) is 0 Å². The second kappa shape index (κ2) is 3.41. The van der Waals surface area contributed by atoms with E-state index in [9.17, 15) is 4.79 Å². The average Bonchev–Trinajstić information content (AvgIpc) is 2.65. The van der Waals surface area contributed by atoms with Gasteiger partial charge in [0.2, 0.25) is 5.95 Å². The number of nitrogen functional groups attached to an aromatic ring is 1. The molecule has 4 N–H and O–H groups in total. The van der Waals surface area contributed by atoms with Crippen molar-refractivity contribution >= 4 is 11.9 Å². The maximum atomic E-state index is 10.7. The summed E-state index contributed by atoms with van der Waals surface area (Å²) in [6.45, 7) is 0. The number of H-pyrrole nitrogens is 1. The molecule has 0 atom stereocenters. The Morgan fingerprint density at radius 2 is 2.27 bits per heavy atom. The van der Waals surface area contributed by atoms with E-state index in [1.165, 1.54) is 12.1 Å². The largest absolute Gasteiger partial charge is 0.478 e. The van der Waals surface area contributed by atoms with Crippen LogP contribution in [0.2, 0.25) is 0 Å². The number of nitrogens with one attached hydrogen (secondary N) is 1. The summed E-state index contributed by atoms with van der Waals surface area (Å²) in [5.74, 6) is -0.398. The predicted octanol–water partition coefficient (Wildman–Crippen LogP) is 0.752. The molecule has 1 aromatic heterocycles. The molecule has 0 saturated carbocycles. The van der Waals surface area contributed by atoms with Crippen LogP contribution in [0, 0.1) is 0 Å². The molecule has 0 amide bonds. The van der Waals surface area contributed by atoms with Crippen molar-refractivity contribution in [2.24, 2.45) is 0 Å². The number of benzene rings is 1. The van der Waals surface area contributed by atoms with E-state index >= 15 is 0 Å². The van der Waals surface area contributed by atoms with Gasteiger partial charge in [-0.3, -0.25) is 5.10 Å². The van der Waals surface area contributed by atoms with Crippen molar-refractivity contribution in [3.05, 3.63) is 29.8 Å². The molecule has 1 aromatic carbocycles. The molecule has 0 unspecified atom stereocenters. The second-order valence-corrected chi connectivity index (χ2v) is 2.93. The zero-order valence-corrected chi connectivity index (χ0v) is 7.64. The van der Waals surface area contributed by atoms with Crippen molar-refractivity contribution in [2.45, 2.75) is 0 Å². The Balaban J connectivity index is 2.45. The molecule has 0 aliphatic rings. The van der Waals surface area contributed by atoms with E-state index in [4.69, 9.17) is 10.8 Å². The maximum absolute atomic E-state index is 10.7. The Morgan fingerprint density at radius 3 is 2.87 bits per heavy atom. The number of aromatic amines is 1. The molecule has 0 aliphatic heterocycles. The average molecular weight is 204 g/mol. The third kappa shape index (κ3) is 1.78. The van der Waals surface area contributed by atoms with E-state index in [1.807, 2.05) is 0 Å². The van der Waals surface area contributed by atoms with Crippen LogP contribution in [0.5, 0.6) is 0 Å². The summed E-state index contributed by atoms with van der Waals surface area (Å²) < 4.78 is 0. The Labute approximate surface area is 84.8 Å². The number of aromatic carboxylic acids is 1. The lowest BCUT2D eigenvalue weighted by molar-refractivity contribution is 0.0697. The molecule has 6 heteroatoms. The number of anilines is 1. The van der Waals surface area contributed by atoms with Gasteiger partial charge < -0.3 is 10.8 Å². The van der Waals surface area contributed by atoms with Gasteiger partial charge >= 0.3 is 5.97 Å². The minimum Gasteiger partial charge on any atom is -0.478 e. The van der Waals surface area contributed by atoms with Crippen LogP contribution in [0.4, 0.5) is 5.95 Å². The Morgan fingerprint density at radius 1 is 1.47 bits per heavy atom. The van der Waals surface area contributed by atoms with Crippen molar-refractivity contribution in [2.75, 3.05) is 5.73 Å². The minimum atomic E-state index is -0.982. The summed E-state index contributed by atoms with van der Waals surface area (Å²) in [5.41, 5.74) is 6.18. The number of hydrogen-bond acceptors (Lipinski definition) is 4. The maximum Gasteiger partial charge on any atom is 0.335 e.